The highest BCUT2D eigenvalue weighted by molar-refractivity contribution is 8.01. The van der Waals surface area contributed by atoms with Crippen LogP contribution in [0.25, 0.3) is 0 Å². The van der Waals surface area contributed by atoms with E-state index in [4.69, 9.17) is 14.2 Å². The van der Waals surface area contributed by atoms with E-state index < -0.39 is 0 Å². The number of benzene rings is 1. The highest BCUT2D eigenvalue weighted by Gasteiger charge is 2.39. The lowest BCUT2D eigenvalue weighted by Crippen LogP contribution is -2.35. The summed E-state index contributed by atoms with van der Waals surface area (Å²) < 4.78 is 15.7. The molecule has 1 heterocycles. The fraction of sp³-hybridized carbons (Fsp3) is 0.556. The van der Waals surface area contributed by atoms with Gasteiger partial charge in [-0.1, -0.05) is 0 Å². The van der Waals surface area contributed by atoms with Crippen LogP contribution in [0.15, 0.2) is 18.2 Å². The van der Waals surface area contributed by atoms with Gasteiger partial charge in [0.15, 0.2) is 0 Å². The molecular formula is C18H26N2O5S. The summed E-state index contributed by atoms with van der Waals surface area (Å²) in [5, 5.41) is 2.39. The van der Waals surface area contributed by atoms with Gasteiger partial charge in [0.1, 0.15) is 16.9 Å². The Hall–Kier alpha value is -1.93. The number of amides is 2. The highest BCUT2D eigenvalue weighted by Crippen LogP contribution is 2.46. The average Bonchev–Trinajstić information content (AvgIpc) is 2.94. The SMILES string of the molecule is COCCNC(=O)CCN1C(=O)C(C)SC1c1cc(OC)ccc1OC. The van der Waals surface area contributed by atoms with Gasteiger partial charge in [0.05, 0.1) is 26.1 Å². The number of hydrogen-bond donors (Lipinski definition) is 1. The summed E-state index contributed by atoms with van der Waals surface area (Å²) in [4.78, 5) is 26.3. The van der Waals surface area contributed by atoms with Gasteiger partial charge in [0.2, 0.25) is 11.8 Å². The maximum absolute atomic E-state index is 12.6. The Kier molecular flexibility index (Phi) is 7.59. The Labute approximate surface area is 158 Å². The predicted octanol–water partition coefficient (Wildman–Crippen LogP) is 1.82. The van der Waals surface area contributed by atoms with Crippen LogP contribution in [-0.4, -0.2) is 63.0 Å². The predicted molar refractivity (Wildman–Crippen MR) is 101 cm³/mol. The molecule has 0 spiro atoms. The number of ether oxygens (including phenoxy) is 3. The molecule has 144 valence electrons. The summed E-state index contributed by atoms with van der Waals surface area (Å²) in [5.74, 6) is 1.32. The summed E-state index contributed by atoms with van der Waals surface area (Å²) in [7, 11) is 4.78. The molecule has 1 fully saturated rings. The second-order valence-corrected chi connectivity index (χ2v) is 7.29. The van der Waals surface area contributed by atoms with Crippen LogP contribution in [0.2, 0.25) is 0 Å². The van der Waals surface area contributed by atoms with Crippen LogP contribution in [0.4, 0.5) is 0 Å². The third kappa shape index (κ3) is 4.82. The molecule has 1 aliphatic heterocycles. The van der Waals surface area contributed by atoms with Gasteiger partial charge < -0.3 is 24.4 Å². The molecule has 2 atom stereocenters. The molecule has 1 aliphatic rings. The van der Waals surface area contributed by atoms with E-state index in [9.17, 15) is 9.59 Å². The monoisotopic (exact) mass is 382 g/mol. The molecule has 1 aromatic carbocycles. The molecule has 0 radical (unpaired) electrons. The Morgan fingerprint density at radius 1 is 1.27 bits per heavy atom. The maximum atomic E-state index is 12.6. The first kappa shape index (κ1) is 20.4. The summed E-state index contributed by atoms with van der Waals surface area (Å²) in [5.41, 5.74) is 0.870. The number of nitrogens with zero attached hydrogens (tertiary/aromatic N) is 1. The molecule has 26 heavy (non-hydrogen) atoms. The van der Waals surface area contributed by atoms with Crippen molar-refractivity contribution in [2.24, 2.45) is 0 Å². The van der Waals surface area contributed by atoms with Crippen molar-refractivity contribution in [2.75, 3.05) is 41.0 Å². The number of methoxy groups -OCH3 is 3. The van der Waals surface area contributed by atoms with Crippen molar-refractivity contribution in [3.05, 3.63) is 23.8 Å². The maximum Gasteiger partial charge on any atom is 0.236 e. The van der Waals surface area contributed by atoms with Gasteiger partial charge in [-0.25, -0.2) is 0 Å². The van der Waals surface area contributed by atoms with Crippen molar-refractivity contribution < 1.29 is 23.8 Å². The number of carbonyl (C=O) groups excluding carboxylic acids is 2. The number of rotatable bonds is 9. The minimum Gasteiger partial charge on any atom is -0.497 e. The van der Waals surface area contributed by atoms with E-state index in [2.05, 4.69) is 5.32 Å². The minimum atomic E-state index is -0.214. The minimum absolute atomic E-state index is 0.0227. The highest BCUT2D eigenvalue weighted by atomic mass is 32.2. The summed E-state index contributed by atoms with van der Waals surface area (Å²) in [6.07, 6.45) is 0.242. The Bertz CT molecular complexity index is 640. The van der Waals surface area contributed by atoms with Crippen molar-refractivity contribution in [3.63, 3.8) is 0 Å². The van der Waals surface area contributed by atoms with Gasteiger partial charge in [0, 0.05) is 32.2 Å². The van der Waals surface area contributed by atoms with E-state index in [1.807, 2.05) is 25.1 Å². The molecule has 0 aliphatic carbocycles. The Morgan fingerprint density at radius 2 is 2.04 bits per heavy atom. The zero-order valence-electron chi connectivity index (χ0n) is 15.6. The van der Waals surface area contributed by atoms with E-state index in [0.717, 1.165) is 5.56 Å². The van der Waals surface area contributed by atoms with Crippen molar-refractivity contribution in [1.82, 2.24) is 10.2 Å². The molecule has 2 amide bonds. The number of thioether (sulfide) groups is 1. The van der Waals surface area contributed by atoms with E-state index in [1.54, 1.807) is 38.0 Å². The van der Waals surface area contributed by atoms with Gasteiger partial charge in [-0.15, -0.1) is 11.8 Å². The summed E-state index contributed by atoms with van der Waals surface area (Å²) >= 11 is 1.55. The molecule has 7 nitrogen and oxygen atoms in total. The van der Waals surface area contributed by atoms with Crippen LogP contribution in [0.3, 0.4) is 0 Å². The lowest BCUT2D eigenvalue weighted by molar-refractivity contribution is -0.130. The van der Waals surface area contributed by atoms with Gasteiger partial charge in [0.25, 0.3) is 0 Å². The van der Waals surface area contributed by atoms with Crippen LogP contribution in [-0.2, 0) is 14.3 Å². The molecule has 1 saturated heterocycles. The molecule has 0 saturated carbocycles. The Morgan fingerprint density at radius 3 is 2.69 bits per heavy atom. The van der Waals surface area contributed by atoms with Crippen LogP contribution < -0.4 is 14.8 Å². The standard InChI is InChI=1S/C18H26N2O5S/c1-12-17(22)20(9-7-16(21)19-8-10-23-2)18(26-12)14-11-13(24-3)5-6-15(14)25-4/h5-6,11-12,18H,7-10H2,1-4H3,(H,19,21). The molecule has 0 aromatic heterocycles. The first-order valence-corrected chi connectivity index (χ1v) is 9.39. The summed E-state index contributed by atoms with van der Waals surface area (Å²) in [6, 6.07) is 5.53. The number of nitrogens with one attached hydrogen (secondary N) is 1. The lowest BCUT2D eigenvalue weighted by Gasteiger charge is -2.25. The zero-order valence-corrected chi connectivity index (χ0v) is 16.4. The molecule has 1 aromatic rings. The molecular weight excluding hydrogens is 356 g/mol. The molecule has 0 bridgehead atoms. The van der Waals surface area contributed by atoms with Crippen molar-refractivity contribution >= 4 is 23.6 Å². The normalized spacial score (nSPS) is 19.5. The van der Waals surface area contributed by atoms with Crippen molar-refractivity contribution in [1.29, 1.82) is 0 Å². The zero-order chi connectivity index (χ0) is 19.1. The van der Waals surface area contributed by atoms with Crippen LogP contribution in [0.5, 0.6) is 11.5 Å². The van der Waals surface area contributed by atoms with Crippen LogP contribution in [0, 0.1) is 0 Å². The average molecular weight is 382 g/mol. The van der Waals surface area contributed by atoms with E-state index in [1.165, 1.54) is 0 Å². The largest absolute Gasteiger partial charge is 0.497 e. The first-order chi connectivity index (χ1) is 12.5. The van der Waals surface area contributed by atoms with Crippen molar-refractivity contribution in [2.45, 2.75) is 24.0 Å². The Balaban J connectivity index is 2.14. The van der Waals surface area contributed by atoms with E-state index in [-0.39, 0.29) is 28.9 Å². The van der Waals surface area contributed by atoms with Gasteiger partial charge >= 0.3 is 0 Å². The van der Waals surface area contributed by atoms with Gasteiger partial charge in [-0.05, 0) is 25.1 Å². The number of carbonyl (C=O) groups is 2. The quantitative estimate of drug-likeness (QED) is 0.657. The third-order valence-electron chi connectivity index (χ3n) is 4.16. The van der Waals surface area contributed by atoms with E-state index in [0.29, 0.717) is 31.2 Å². The molecule has 2 rings (SSSR count). The third-order valence-corrected chi connectivity index (χ3v) is 5.53. The van der Waals surface area contributed by atoms with Crippen LogP contribution >= 0.6 is 11.8 Å². The van der Waals surface area contributed by atoms with Crippen molar-refractivity contribution in [3.8, 4) is 11.5 Å². The van der Waals surface area contributed by atoms with Gasteiger partial charge in [-0.3, -0.25) is 9.59 Å². The van der Waals surface area contributed by atoms with E-state index >= 15 is 0 Å². The second-order valence-electron chi connectivity index (χ2n) is 5.86. The smallest absolute Gasteiger partial charge is 0.236 e. The molecule has 2 unspecified atom stereocenters. The van der Waals surface area contributed by atoms with Gasteiger partial charge in [-0.2, -0.15) is 0 Å². The number of hydrogen-bond acceptors (Lipinski definition) is 6. The lowest BCUT2D eigenvalue weighted by atomic mass is 10.1. The molecule has 8 heteroatoms. The first-order valence-electron chi connectivity index (χ1n) is 8.45. The van der Waals surface area contributed by atoms with Crippen LogP contribution in [0.1, 0.15) is 24.3 Å². The topological polar surface area (TPSA) is 77.1 Å². The fourth-order valence-electron chi connectivity index (χ4n) is 2.78. The fourth-order valence-corrected chi connectivity index (χ4v) is 4.10. The summed E-state index contributed by atoms with van der Waals surface area (Å²) in [6.45, 7) is 3.15. The molecule has 1 N–H and O–H groups in total. The second kappa shape index (κ2) is 9.68.